The highest BCUT2D eigenvalue weighted by atomic mass is 32.1. The van der Waals surface area contributed by atoms with E-state index >= 15 is 0 Å². The number of amides is 1. The van der Waals surface area contributed by atoms with Crippen LogP contribution in [-0.2, 0) is 4.79 Å². The molecular formula is C12H25N3OS. The average molecular weight is 259 g/mol. The van der Waals surface area contributed by atoms with Gasteiger partial charge in [-0.2, -0.15) is 0 Å². The Morgan fingerprint density at radius 1 is 1.47 bits per heavy atom. The summed E-state index contributed by atoms with van der Waals surface area (Å²) in [6, 6.07) is 0.184. The first-order chi connectivity index (χ1) is 7.65. The van der Waals surface area contributed by atoms with E-state index in [0.717, 1.165) is 13.0 Å². The largest absolute Gasteiger partial charge is 0.393 e. The molecule has 0 bridgehead atoms. The van der Waals surface area contributed by atoms with Gasteiger partial charge in [0.2, 0.25) is 5.91 Å². The first kappa shape index (κ1) is 16.3. The van der Waals surface area contributed by atoms with E-state index in [-0.39, 0.29) is 17.4 Å². The monoisotopic (exact) mass is 259 g/mol. The second-order valence-electron chi connectivity index (χ2n) is 5.46. The van der Waals surface area contributed by atoms with E-state index in [1.807, 2.05) is 39.6 Å². The fraction of sp³-hybridized carbons (Fsp3) is 0.833. The standard InChI is InChI=1S/C12H25N3OS/c1-9(2)14-10(16)8-15(5)7-6-12(3,4)11(13)17/h9H,6-8H2,1-5H3,(H2,13,17)(H,14,16). The molecule has 0 saturated carbocycles. The van der Waals surface area contributed by atoms with Gasteiger partial charge in [0, 0.05) is 11.5 Å². The number of likely N-dealkylation sites (N-methyl/N-ethyl adjacent to an activating group) is 1. The number of hydrogen-bond donors (Lipinski definition) is 2. The molecule has 0 heterocycles. The van der Waals surface area contributed by atoms with Gasteiger partial charge in [-0.05, 0) is 33.9 Å². The molecule has 0 rings (SSSR count). The minimum Gasteiger partial charge on any atom is -0.393 e. The van der Waals surface area contributed by atoms with Gasteiger partial charge in [0.25, 0.3) is 0 Å². The molecular weight excluding hydrogens is 234 g/mol. The lowest BCUT2D eigenvalue weighted by molar-refractivity contribution is -0.122. The number of carbonyl (C=O) groups excluding carboxylic acids is 1. The van der Waals surface area contributed by atoms with Gasteiger partial charge in [-0.1, -0.05) is 26.1 Å². The molecule has 0 aliphatic heterocycles. The van der Waals surface area contributed by atoms with E-state index < -0.39 is 0 Å². The molecule has 0 spiro atoms. The fourth-order valence-electron chi connectivity index (χ4n) is 1.29. The van der Waals surface area contributed by atoms with Crippen LogP contribution in [0.1, 0.15) is 34.1 Å². The second-order valence-corrected chi connectivity index (χ2v) is 5.90. The van der Waals surface area contributed by atoms with Gasteiger partial charge in [0.15, 0.2) is 0 Å². The van der Waals surface area contributed by atoms with E-state index in [0.29, 0.717) is 11.5 Å². The molecule has 4 nitrogen and oxygen atoms in total. The van der Waals surface area contributed by atoms with Crippen LogP contribution in [-0.4, -0.2) is 42.0 Å². The van der Waals surface area contributed by atoms with Crippen molar-refractivity contribution in [3.63, 3.8) is 0 Å². The van der Waals surface area contributed by atoms with Crippen LogP contribution in [0.15, 0.2) is 0 Å². The van der Waals surface area contributed by atoms with E-state index in [2.05, 4.69) is 5.32 Å². The predicted molar refractivity (Wildman–Crippen MR) is 76.0 cm³/mol. The van der Waals surface area contributed by atoms with E-state index in [1.165, 1.54) is 0 Å². The lowest BCUT2D eigenvalue weighted by Crippen LogP contribution is -2.40. The van der Waals surface area contributed by atoms with Crippen molar-refractivity contribution in [3.8, 4) is 0 Å². The van der Waals surface area contributed by atoms with Crippen molar-refractivity contribution in [2.24, 2.45) is 11.1 Å². The summed E-state index contributed by atoms with van der Waals surface area (Å²) in [5.41, 5.74) is 5.50. The van der Waals surface area contributed by atoms with Crippen molar-refractivity contribution in [2.75, 3.05) is 20.1 Å². The first-order valence-electron chi connectivity index (χ1n) is 5.93. The summed E-state index contributed by atoms with van der Waals surface area (Å²) in [5, 5.41) is 2.86. The van der Waals surface area contributed by atoms with Gasteiger partial charge in [-0.3, -0.25) is 9.69 Å². The van der Waals surface area contributed by atoms with Crippen molar-refractivity contribution in [1.82, 2.24) is 10.2 Å². The summed E-state index contributed by atoms with van der Waals surface area (Å²) < 4.78 is 0. The van der Waals surface area contributed by atoms with Gasteiger partial charge in [0.1, 0.15) is 0 Å². The smallest absolute Gasteiger partial charge is 0.234 e. The number of carbonyl (C=O) groups is 1. The molecule has 0 aromatic heterocycles. The summed E-state index contributed by atoms with van der Waals surface area (Å²) >= 11 is 5.01. The quantitative estimate of drug-likeness (QED) is 0.673. The third kappa shape index (κ3) is 7.28. The summed E-state index contributed by atoms with van der Waals surface area (Å²) in [6.07, 6.45) is 0.855. The van der Waals surface area contributed by atoms with Gasteiger partial charge in [-0.25, -0.2) is 0 Å². The summed E-state index contributed by atoms with van der Waals surface area (Å²) in [6.45, 7) is 9.16. The average Bonchev–Trinajstić information content (AvgIpc) is 2.13. The van der Waals surface area contributed by atoms with Crippen LogP contribution in [0, 0.1) is 5.41 Å². The molecule has 0 atom stereocenters. The minimum atomic E-state index is -0.155. The molecule has 0 aliphatic carbocycles. The van der Waals surface area contributed by atoms with Crippen LogP contribution < -0.4 is 11.1 Å². The summed E-state index contributed by atoms with van der Waals surface area (Å²) in [7, 11) is 1.93. The maximum atomic E-state index is 11.5. The number of thiocarbonyl (C=S) groups is 1. The van der Waals surface area contributed by atoms with Crippen molar-refractivity contribution in [2.45, 2.75) is 40.2 Å². The lowest BCUT2D eigenvalue weighted by Gasteiger charge is -2.26. The zero-order valence-electron chi connectivity index (χ0n) is 11.5. The SMILES string of the molecule is CC(C)NC(=O)CN(C)CCC(C)(C)C(N)=S. The number of rotatable bonds is 7. The number of nitrogens with two attached hydrogens (primary N) is 1. The third-order valence-corrected chi connectivity index (χ3v) is 3.20. The van der Waals surface area contributed by atoms with Crippen LogP contribution in [0.3, 0.4) is 0 Å². The van der Waals surface area contributed by atoms with Crippen molar-refractivity contribution in [3.05, 3.63) is 0 Å². The highest BCUT2D eigenvalue weighted by molar-refractivity contribution is 7.80. The van der Waals surface area contributed by atoms with Crippen LogP contribution >= 0.6 is 12.2 Å². The fourth-order valence-corrected chi connectivity index (χ4v) is 1.39. The molecule has 0 fully saturated rings. The van der Waals surface area contributed by atoms with Gasteiger partial charge in [0.05, 0.1) is 11.5 Å². The maximum Gasteiger partial charge on any atom is 0.234 e. The Balaban J connectivity index is 3.99. The molecule has 5 heteroatoms. The van der Waals surface area contributed by atoms with Gasteiger partial charge in [-0.15, -0.1) is 0 Å². The molecule has 0 aliphatic rings. The summed E-state index contributed by atoms with van der Waals surface area (Å²) in [4.78, 5) is 14.0. The van der Waals surface area contributed by atoms with Crippen LogP contribution in [0.4, 0.5) is 0 Å². The number of nitrogens with zero attached hydrogens (tertiary/aromatic N) is 1. The Labute approximate surface area is 110 Å². The topological polar surface area (TPSA) is 58.4 Å². The van der Waals surface area contributed by atoms with Crippen LogP contribution in [0.2, 0.25) is 0 Å². The first-order valence-corrected chi connectivity index (χ1v) is 6.34. The Kier molecular flexibility index (Phi) is 6.64. The van der Waals surface area contributed by atoms with Crippen LogP contribution in [0.5, 0.6) is 0 Å². The number of hydrogen-bond acceptors (Lipinski definition) is 3. The van der Waals surface area contributed by atoms with Gasteiger partial charge < -0.3 is 11.1 Å². The molecule has 100 valence electrons. The van der Waals surface area contributed by atoms with Crippen molar-refractivity contribution >= 4 is 23.1 Å². The highest BCUT2D eigenvalue weighted by Crippen LogP contribution is 2.20. The molecule has 3 N–H and O–H groups in total. The molecule has 0 unspecified atom stereocenters. The maximum absolute atomic E-state index is 11.5. The highest BCUT2D eigenvalue weighted by Gasteiger charge is 2.21. The molecule has 0 aromatic carbocycles. The van der Waals surface area contributed by atoms with Gasteiger partial charge >= 0.3 is 0 Å². The normalized spacial score (nSPS) is 11.9. The van der Waals surface area contributed by atoms with E-state index in [1.54, 1.807) is 0 Å². The predicted octanol–water partition coefficient (Wildman–Crippen LogP) is 1.15. The Morgan fingerprint density at radius 3 is 2.41 bits per heavy atom. The second kappa shape index (κ2) is 6.91. The zero-order valence-corrected chi connectivity index (χ0v) is 12.4. The molecule has 0 aromatic rings. The van der Waals surface area contributed by atoms with E-state index in [4.69, 9.17) is 18.0 Å². The minimum absolute atomic E-state index is 0.0515. The lowest BCUT2D eigenvalue weighted by atomic mass is 9.89. The zero-order chi connectivity index (χ0) is 13.6. The Hall–Kier alpha value is -0.680. The Morgan fingerprint density at radius 2 is 2.00 bits per heavy atom. The molecule has 17 heavy (non-hydrogen) atoms. The van der Waals surface area contributed by atoms with Crippen molar-refractivity contribution in [1.29, 1.82) is 0 Å². The van der Waals surface area contributed by atoms with Crippen LogP contribution in [0.25, 0.3) is 0 Å². The van der Waals surface area contributed by atoms with Crippen molar-refractivity contribution < 1.29 is 4.79 Å². The summed E-state index contributed by atoms with van der Waals surface area (Å²) in [5.74, 6) is 0.0515. The Bertz CT molecular complexity index is 277. The third-order valence-electron chi connectivity index (χ3n) is 2.65. The molecule has 0 saturated heterocycles. The molecule has 0 radical (unpaired) electrons. The number of nitrogens with one attached hydrogen (secondary N) is 1. The molecule has 1 amide bonds. The van der Waals surface area contributed by atoms with E-state index in [9.17, 15) is 4.79 Å².